The SMILES string of the molecule is CC1=CC(=O)OC1.CCc1ccc(=O)[nH]c1. The molecule has 4 heteroatoms. The second kappa shape index (κ2) is 5.90. The molecule has 2 heterocycles. The molecule has 0 atom stereocenters. The van der Waals surface area contributed by atoms with E-state index in [0.29, 0.717) is 6.61 Å². The molecule has 0 saturated heterocycles. The standard InChI is InChI=1S/C7H9NO.C5H6O2/c1-2-6-3-4-7(9)8-5-6;1-4-2-5(6)7-3-4/h3-5H,2H2,1H3,(H,8,9);2H,3H2,1H3. The van der Waals surface area contributed by atoms with Crippen LogP contribution in [0.25, 0.3) is 0 Å². The molecule has 0 spiro atoms. The Kier molecular flexibility index (Phi) is 4.51. The van der Waals surface area contributed by atoms with E-state index >= 15 is 0 Å². The molecule has 0 fully saturated rings. The van der Waals surface area contributed by atoms with Crippen molar-refractivity contribution in [2.24, 2.45) is 0 Å². The van der Waals surface area contributed by atoms with Crippen molar-refractivity contribution in [3.05, 3.63) is 45.9 Å². The summed E-state index contributed by atoms with van der Waals surface area (Å²) < 4.78 is 4.53. The van der Waals surface area contributed by atoms with Crippen LogP contribution in [0.1, 0.15) is 19.4 Å². The smallest absolute Gasteiger partial charge is 0.331 e. The van der Waals surface area contributed by atoms with E-state index in [1.54, 1.807) is 12.3 Å². The highest BCUT2D eigenvalue weighted by atomic mass is 16.5. The van der Waals surface area contributed by atoms with Crippen molar-refractivity contribution < 1.29 is 9.53 Å². The van der Waals surface area contributed by atoms with Gasteiger partial charge in [0, 0.05) is 18.3 Å². The number of nitrogens with one attached hydrogen (secondary N) is 1. The van der Waals surface area contributed by atoms with Crippen LogP contribution in [0.3, 0.4) is 0 Å². The molecule has 0 unspecified atom stereocenters. The van der Waals surface area contributed by atoms with E-state index in [0.717, 1.165) is 17.6 Å². The van der Waals surface area contributed by atoms with Crippen molar-refractivity contribution in [1.29, 1.82) is 0 Å². The monoisotopic (exact) mass is 221 g/mol. The summed E-state index contributed by atoms with van der Waals surface area (Å²) >= 11 is 0. The van der Waals surface area contributed by atoms with Gasteiger partial charge in [-0.05, 0) is 24.5 Å². The molecule has 0 radical (unpaired) electrons. The number of aryl methyl sites for hydroxylation is 1. The maximum atomic E-state index is 10.5. The third kappa shape index (κ3) is 4.13. The van der Waals surface area contributed by atoms with Gasteiger partial charge in [-0.2, -0.15) is 0 Å². The molecule has 4 nitrogen and oxygen atoms in total. The highest BCUT2D eigenvalue weighted by Crippen LogP contribution is 2.02. The van der Waals surface area contributed by atoms with Gasteiger partial charge in [0.05, 0.1) is 0 Å². The molecule has 86 valence electrons. The van der Waals surface area contributed by atoms with E-state index in [1.807, 2.05) is 19.9 Å². The predicted molar refractivity (Wildman–Crippen MR) is 61.2 cm³/mol. The minimum atomic E-state index is -0.211. The molecule has 0 bridgehead atoms. The quantitative estimate of drug-likeness (QED) is 0.730. The predicted octanol–water partition coefficient (Wildman–Crippen LogP) is 1.43. The van der Waals surface area contributed by atoms with E-state index in [1.165, 1.54) is 6.08 Å². The lowest BCUT2D eigenvalue weighted by molar-refractivity contribution is -0.134. The molecule has 1 aliphatic heterocycles. The molecule has 0 saturated carbocycles. The Labute approximate surface area is 94.0 Å². The van der Waals surface area contributed by atoms with Crippen LogP contribution >= 0.6 is 0 Å². The highest BCUT2D eigenvalue weighted by Gasteiger charge is 2.06. The molecule has 0 aromatic carbocycles. The Morgan fingerprint density at radius 1 is 1.38 bits per heavy atom. The molecule has 16 heavy (non-hydrogen) atoms. The number of H-pyrrole nitrogens is 1. The van der Waals surface area contributed by atoms with Gasteiger partial charge >= 0.3 is 5.97 Å². The third-order valence-corrected chi connectivity index (χ3v) is 2.06. The molecule has 2 rings (SSSR count). The summed E-state index contributed by atoms with van der Waals surface area (Å²) in [5, 5.41) is 0. The molecular formula is C12H15NO3. The van der Waals surface area contributed by atoms with Crippen LogP contribution in [0.2, 0.25) is 0 Å². The van der Waals surface area contributed by atoms with Crippen molar-refractivity contribution >= 4 is 5.97 Å². The van der Waals surface area contributed by atoms with Gasteiger partial charge in [-0.3, -0.25) is 4.79 Å². The molecular weight excluding hydrogens is 206 g/mol. The Balaban J connectivity index is 0.000000165. The van der Waals surface area contributed by atoms with Gasteiger partial charge < -0.3 is 9.72 Å². The largest absolute Gasteiger partial charge is 0.458 e. The van der Waals surface area contributed by atoms with Crippen molar-refractivity contribution in [1.82, 2.24) is 4.98 Å². The van der Waals surface area contributed by atoms with E-state index in [9.17, 15) is 9.59 Å². The zero-order valence-corrected chi connectivity index (χ0v) is 9.45. The number of esters is 1. The fourth-order valence-electron chi connectivity index (χ4n) is 1.13. The van der Waals surface area contributed by atoms with Gasteiger partial charge in [0.1, 0.15) is 6.61 Å². The van der Waals surface area contributed by atoms with Crippen LogP contribution in [0.4, 0.5) is 0 Å². The maximum absolute atomic E-state index is 10.5. The first kappa shape index (κ1) is 12.2. The number of carbonyl (C=O) groups is 1. The van der Waals surface area contributed by atoms with Crippen LogP contribution in [-0.4, -0.2) is 17.6 Å². The fourth-order valence-corrected chi connectivity index (χ4v) is 1.13. The van der Waals surface area contributed by atoms with Crippen molar-refractivity contribution in [2.45, 2.75) is 20.3 Å². The van der Waals surface area contributed by atoms with E-state index in [4.69, 9.17) is 0 Å². The first-order chi connectivity index (χ1) is 7.61. The van der Waals surface area contributed by atoms with Crippen LogP contribution in [0.15, 0.2) is 34.8 Å². The lowest BCUT2D eigenvalue weighted by Crippen LogP contribution is -2.01. The maximum Gasteiger partial charge on any atom is 0.331 e. The molecule has 1 aromatic heterocycles. The van der Waals surface area contributed by atoms with Gasteiger partial charge in [0.15, 0.2) is 0 Å². The van der Waals surface area contributed by atoms with Gasteiger partial charge in [-0.15, -0.1) is 0 Å². The molecule has 1 aliphatic rings. The van der Waals surface area contributed by atoms with E-state index in [2.05, 4.69) is 9.72 Å². The number of carbonyl (C=O) groups excluding carboxylic acids is 1. The highest BCUT2D eigenvalue weighted by molar-refractivity contribution is 5.84. The van der Waals surface area contributed by atoms with Crippen molar-refractivity contribution in [3.63, 3.8) is 0 Å². The number of aromatic nitrogens is 1. The Bertz CT molecular complexity index is 425. The minimum absolute atomic E-state index is 0.0350. The normalized spacial score (nSPS) is 13.6. The summed E-state index contributed by atoms with van der Waals surface area (Å²) in [4.78, 5) is 23.2. The Morgan fingerprint density at radius 3 is 2.44 bits per heavy atom. The van der Waals surface area contributed by atoms with Gasteiger partial charge in [0.2, 0.25) is 5.56 Å². The minimum Gasteiger partial charge on any atom is -0.458 e. The number of hydrogen-bond donors (Lipinski definition) is 1. The number of cyclic esters (lactones) is 1. The third-order valence-electron chi connectivity index (χ3n) is 2.06. The first-order valence-corrected chi connectivity index (χ1v) is 5.13. The lowest BCUT2D eigenvalue weighted by atomic mass is 10.2. The average Bonchev–Trinajstić information content (AvgIpc) is 2.65. The molecule has 1 N–H and O–H groups in total. The topological polar surface area (TPSA) is 59.2 Å². The van der Waals surface area contributed by atoms with Crippen molar-refractivity contribution in [2.75, 3.05) is 6.61 Å². The molecule has 0 amide bonds. The molecule has 0 aliphatic carbocycles. The van der Waals surface area contributed by atoms with Crippen molar-refractivity contribution in [3.8, 4) is 0 Å². The van der Waals surface area contributed by atoms with Crippen LogP contribution < -0.4 is 5.56 Å². The summed E-state index contributed by atoms with van der Waals surface area (Å²) in [5.41, 5.74) is 2.13. The zero-order chi connectivity index (χ0) is 12.0. The number of ether oxygens (including phenoxy) is 1. The van der Waals surface area contributed by atoms with Crippen LogP contribution in [0, 0.1) is 0 Å². The Morgan fingerprint density at radius 2 is 2.12 bits per heavy atom. The second-order valence-corrected chi connectivity index (χ2v) is 3.51. The second-order valence-electron chi connectivity index (χ2n) is 3.51. The van der Waals surface area contributed by atoms with Gasteiger partial charge in [-0.1, -0.05) is 13.0 Å². The number of rotatable bonds is 1. The van der Waals surface area contributed by atoms with Gasteiger partial charge in [-0.25, -0.2) is 4.79 Å². The number of hydrogen-bond acceptors (Lipinski definition) is 3. The summed E-state index contributed by atoms with van der Waals surface area (Å²) in [6.07, 6.45) is 4.21. The first-order valence-electron chi connectivity index (χ1n) is 5.13. The molecule has 1 aromatic rings. The lowest BCUT2D eigenvalue weighted by Gasteiger charge is -1.90. The van der Waals surface area contributed by atoms with Gasteiger partial charge in [0.25, 0.3) is 0 Å². The Hall–Kier alpha value is -1.84. The van der Waals surface area contributed by atoms with E-state index < -0.39 is 0 Å². The average molecular weight is 221 g/mol. The van der Waals surface area contributed by atoms with Crippen LogP contribution in [-0.2, 0) is 16.0 Å². The zero-order valence-electron chi connectivity index (χ0n) is 9.45. The number of aromatic amines is 1. The fraction of sp³-hybridized carbons (Fsp3) is 0.333. The number of pyridine rings is 1. The summed E-state index contributed by atoms with van der Waals surface area (Å²) in [6.45, 7) is 4.40. The van der Waals surface area contributed by atoms with Crippen LogP contribution in [0.5, 0.6) is 0 Å². The summed E-state index contributed by atoms with van der Waals surface area (Å²) in [7, 11) is 0. The summed E-state index contributed by atoms with van der Waals surface area (Å²) in [5.74, 6) is -0.211. The summed E-state index contributed by atoms with van der Waals surface area (Å²) in [6, 6.07) is 3.37. The van der Waals surface area contributed by atoms with E-state index in [-0.39, 0.29) is 11.5 Å².